The Morgan fingerprint density at radius 2 is 2.26 bits per heavy atom. The minimum atomic E-state index is 0.258. The summed E-state index contributed by atoms with van der Waals surface area (Å²) in [5, 5.41) is 6.59. The lowest BCUT2D eigenvalue weighted by Crippen LogP contribution is -2.38. The summed E-state index contributed by atoms with van der Waals surface area (Å²) < 4.78 is 21.8. The predicted octanol–water partition coefficient (Wildman–Crippen LogP) is 1.36. The smallest absolute Gasteiger partial charge is 0.218 e. The Hall–Kier alpha value is -1.90. The molecule has 0 amide bonds. The first-order chi connectivity index (χ1) is 13.3. The van der Waals surface area contributed by atoms with Crippen LogP contribution in [0.2, 0.25) is 0 Å². The zero-order valence-electron chi connectivity index (χ0n) is 16.4. The second kappa shape index (κ2) is 13.3. The average Bonchev–Trinajstić information content (AvgIpc) is 3.20. The Kier molecular flexibility index (Phi) is 10.5. The molecule has 1 aliphatic rings. The van der Waals surface area contributed by atoms with Crippen molar-refractivity contribution in [2.45, 2.75) is 32.4 Å². The molecule has 27 heavy (non-hydrogen) atoms. The Morgan fingerprint density at radius 3 is 3.04 bits per heavy atom. The highest BCUT2D eigenvalue weighted by Crippen LogP contribution is 2.15. The van der Waals surface area contributed by atoms with Crippen molar-refractivity contribution in [3.05, 3.63) is 23.9 Å². The van der Waals surface area contributed by atoms with Gasteiger partial charge in [-0.25, -0.2) is 9.98 Å². The fraction of sp³-hybridized carbons (Fsp3) is 0.684. The standard InChI is InChI=1S/C19H32N4O4/c1-3-20-19(22-9-5-10-26-17-7-11-25-15-17)23-14-16-6-4-8-21-18(16)27-13-12-24-2/h4,6,8,17H,3,5,7,9-15H2,1-2H3,(H2,20,22,23). The molecule has 1 aromatic heterocycles. The minimum Gasteiger partial charge on any atom is -0.475 e. The highest BCUT2D eigenvalue weighted by Gasteiger charge is 2.15. The largest absolute Gasteiger partial charge is 0.475 e. The van der Waals surface area contributed by atoms with Crippen LogP contribution in [0.3, 0.4) is 0 Å². The monoisotopic (exact) mass is 380 g/mol. The molecule has 0 radical (unpaired) electrons. The lowest BCUT2D eigenvalue weighted by Gasteiger charge is -2.13. The third-order valence-corrected chi connectivity index (χ3v) is 3.98. The molecule has 2 N–H and O–H groups in total. The summed E-state index contributed by atoms with van der Waals surface area (Å²) in [5.74, 6) is 1.37. The third kappa shape index (κ3) is 8.55. The van der Waals surface area contributed by atoms with Crippen molar-refractivity contribution in [1.29, 1.82) is 0 Å². The molecule has 2 rings (SSSR count). The third-order valence-electron chi connectivity index (χ3n) is 3.98. The van der Waals surface area contributed by atoms with Crippen LogP contribution >= 0.6 is 0 Å². The first kappa shape index (κ1) is 21.4. The number of rotatable bonds is 12. The minimum absolute atomic E-state index is 0.258. The van der Waals surface area contributed by atoms with E-state index in [4.69, 9.17) is 18.9 Å². The van der Waals surface area contributed by atoms with Gasteiger partial charge in [0.1, 0.15) is 6.61 Å². The number of aromatic nitrogens is 1. The van der Waals surface area contributed by atoms with E-state index in [9.17, 15) is 0 Å². The molecule has 0 saturated carbocycles. The number of hydrogen-bond acceptors (Lipinski definition) is 6. The maximum atomic E-state index is 5.78. The van der Waals surface area contributed by atoms with Crippen molar-refractivity contribution in [2.24, 2.45) is 4.99 Å². The maximum absolute atomic E-state index is 5.78. The van der Waals surface area contributed by atoms with Crippen molar-refractivity contribution >= 4 is 5.96 Å². The number of pyridine rings is 1. The predicted molar refractivity (Wildman–Crippen MR) is 104 cm³/mol. The van der Waals surface area contributed by atoms with Crippen molar-refractivity contribution in [3.8, 4) is 5.88 Å². The average molecular weight is 380 g/mol. The number of ether oxygens (including phenoxy) is 4. The number of guanidine groups is 1. The number of aliphatic imine (C=N–C) groups is 1. The molecule has 1 atom stereocenters. The molecule has 8 heteroatoms. The van der Waals surface area contributed by atoms with Gasteiger partial charge in [-0.15, -0.1) is 0 Å². The topological polar surface area (TPSA) is 86.2 Å². The summed E-state index contributed by atoms with van der Waals surface area (Å²) in [6.07, 6.45) is 3.89. The quantitative estimate of drug-likeness (QED) is 0.322. The Labute approximate surface area is 161 Å². The summed E-state index contributed by atoms with van der Waals surface area (Å²) in [4.78, 5) is 8.91. The number of methoxy groups -OCH3 is 1. The molecule has 1 unspecified atom stereocenters. The molecular weight excluding hydrogens is 348 g/mol. The van der Waals surface area contributed by atoms with E-state index in [1.807, 2.05) is 19.1 Å². The van der Waals surface area contributed by atoms with Gasteiger partial charge in [0, 0.05) is 45.2 Å². The van der Waals surface area contributed by atoms with Crippen LogP contribution in [-0.4, -0.2) is 70.3 Å². The number of nitrogens with zero attached hydrogens (tertiary/aromatic N) is 2. The summed E-state index contributed by atoms with van der Waals surface area (Å²) in [6.45, 7) is 7.37. The lowest BCUT2D eigenvalue weighted by molar-refractivity contribution is 0.0420. The fourth-order valence-electron chi connectivity index (χ4n) is 2.58. The highest BCUT2D eigenvalue weighted by molar-refractivity contribution is 5.79. The molecule has 8 nitrogen and oxygen atoms in total. The van der Waals surface area contributed by atoms with Gasteiger partial charge in [-0.1, -0.05) is 6.07 Å². The zero-order chi connectivity index (χ0) is 19.2. The van der Waals surface area contributed by atoms with Gasteiger partial charge < -0.3 is 29.6 Å². The van der Waals surface area contributed by atoms with Crippen LogP contribution in [0, 0.1) is 0 Å². The first-order valence-corrected chi connectivity index (χ1v) is 9.60. The second-order valence-electron chi connectivity index (χ2n) is 6.14. The molecule has 1 aliphatic heterocycles. The van der Waals surface area contributed by atoms with E-state index in [-0.39, 0.29) is 6.10 Å². The van der Waals surface area contributed by atoms with Gasteiger partial charge in [0.25, 0.3) is 0 Å². The van der Waals surface area contributed by atoms with Gasteiger partial charge in [-0.2, -0.15) is 0 Å². The zero-order valence-corrected chi connectivity index (χ0v) is 16.4. The molecule has 0 spiro atoms. The molecular formula is C19H32N4O4. The normalized spacial score (nSPS) is 17.1. The van der Waals surface area contributed by atoms with Crippen molar-refractivity contribution in [2.75, 3.05) is 53.2 Å². The van der Waals surface area contributed by atoms with E-state index in [0.717, 1.165) is 57.3 Å². The molecule has 1 saturated heterocycles. The van der Waals surface area contributed by atoms with Crippen LogP contribution in [-0.2, 0) is 20.8 Å². The summed E-state index contributed by atoms with van der Waals surface area (Å²) >= 11 is 0. The Morgan fingerprint density at radius 1 is 1.33 bits per heavy atom. The van der Waals surface area contributed by atoms with Crippen molar-refractivity contribution in [1.82, 2.24) is 15.6 Å². The van der Waals surface area contributed by atoms with Crippen LogP contribution < -0.4 is 15.4 Å². The maximum Gasteiger partial charge on any atom is 0.218 e. The van der Waals surface area contributed by atoms with Crippen molar-refractivity contribution < 1.29 is 18.9 Å². The van der Waals surface area contributed by atoms with Gasteiger partial charge in [0.2, 0.25) is 5.88 Å². The molecule has 0 aromatic carbocycles. The highest BCUT2D eigenvalue weighted by atomic mass is 16.5. The van der Waals surface area contributed by atoms with E-state index in [2.05, 4.69) is 20.6 Å². The fourth-order valence-corrected chi connectivity index (χ4v) is 2.58. The van der Waals surface area contributed by atoms with E-state index in [0.29, 0.717) is 25.6 Å². The van der Waals surface area contributed by atoms with Gasteiger partial charge in [0.15, 0.2) is 5.96 Å². The number of hydrogen-bond donors (Lipinski definition) is 2. The molecule has 0 aliphatic carbocycles. The number of nitrogens with one attached hydrogen (secondary N) is 2. The van der Waals surface area contributed by atoms with E-state index < -0.39 is 0 Å². The van der Waals surface area contributed by atoms with E-state index in [1.165, 1.54) is 0 Å². The van der Waals surface area contributed by atoms with Crippen LogP contribution in [0.4, 0.5) is 0 Å². The molecule has 1 fully saturated rings. The SMILES string of the molecule is CCNC(=NCc1cccnc1OCCOC)NCCCOC1CCOC1. The Bertz CT molecular complexity index is 550. The summed E-state index contributed by atoms with van der Waals surface area (Å²) in [6, 6.07) is 3.86. The van der Waals surface area contributed by atoms with Crippen LogP contribution in [0.1, 0.15) is 25.3 Å². The van der Waals surface area contributed by atoms with Crippen LogP contribution in [0.15, 0.2) is 23.3 Å². The van der Waals surface area contributed by atoms with E-state index in [1.54, 1.807) is 13.3 Å². The molecule has 0 bridgehead atoms. The second-order valence-corrected chi connectivity index (χ2v) is 6.14. The molecule has 152 valence electrons. The lowest BCUT2D eigenvalue weighted by atomic mass is 10.3. The van der Waals surface area contributed by atoms with Crippen LogP contribution in [0.25, 0.3) is 0 Å². The van der Waals surface area contributed by atoms with Gasteiger partial charge in [-0.3, -0.25) is 0 Å². The summed E-state index contributed by atoms with van der Waals surface area (Å²) in [5.41, 5.74) is 0.940. The van der Waals surface area contributed by atoms with E-state index >= 15 is 0 Å². The molecule has 1 aromatic rings. The first-order valence-electron chi connectivity index (χ1n) is 9.60. The van der Waals surface area contributed by atoms with Gasteiger partial charge in [-0.05, 0) is 25.8 Å². The molecule has 2 heterocycles. The van der Waals surface area contributed by atoms with Gasteiger partial charge >= 0.3 is 0 Å². The Balaban J connectivity index is 1.76. The van der Waals surface area contributed by atoms with Crippen molar-refractivity contribution in [3.63, 3.8) is 0 Å². The van der Waals surface area contributed by atoms with Crippen LogP contribution in [0.5, 0.6) is 5.88 Å². The van der Waals surface area contributed by atoms with Gasteiger partial charge in [0.05, 0.1) is 25.9 Å². The summed E-state index contributed by atoms with van der Waals surface area (Å²) in [7, 11) is 1.65.